The molecule has 3 heterocycles. The van der Waals surface area contributed by atoms with Crippen LogP contribution in [0.25, 0.3) is 10.9 Å². The van der Waals surface area contributed by atoms with E-state index in [0.29, 0.717) is 46.2 Å². The lowest BCUT2D eigenvalue weighted by Gasteiger charge is -2.37. The fourth-order valence-corrected chi connectivity index (χ4v) is 5.25. The fraction of sp³-hybridized carbons (Fsp3) is 0.231. The summed E-state index contributed by atoms with van der Waals surface area (Å²) in [5.41, 5.74) is 2.81. The summed E-state index contributed by atoms with van der Waals surface area (Å²) in [4.78, 5) is 32.3. The number of methoxy groups -OCH3 is 3. The Kier molecular flexibility index (Phi) is 5.75. The smallest absolute Gasteiger partial charge is 0.264 e. The molecule has 8 heteroatoms. The highest BCUT2D eigenvalue weighted by Crippen LogP contribution is 2.41. The molecule has 0 saturated carbocycles. The Bertz CT molecular complexity index is 1430. The number of pyridine rings is 1. The topological polar surface area (TPSA) is 80.9 Å². The second-order valence-corrected chi connectivity index (χ2v) is 8.99. The van der Waals surface area contributed by atoms with Crippen LogP contribution in [0.5, 0.6) is 17.2 Å². The number of thiophene rings is 1. The first-order valence-corrected chi connectivity index (χ1v) is 11.7. The fourth-order valence-electron chi connectivity index (χ4n) is 4.57. The summed E-state index contributed by atoms with van der Waals surface area (Å²) >= 11 is 1.39. The Hall–Kier alpha value is -3.78. The van der Waals surface area contributed by atoms with Crippen LogP contribution in [0.4, 0.5) is 0 Å². The Morgan fingerprint density at radius 2 is 1.79 bits per heavy atom. The van der Waals surface area contributed by atoms with E-state index in [1.807, 2.05) is 47.8 Å². The third-order valence-electron chi connectivity index (χ3n) is 6.24. The molecule has 174 valence electrons. The number of carbonyl (C=O) groups is 1. The van der Waals surface area contributed by atoms with Crippen molar-refractivity contribution in [3.05, 3.63) is 85.8 Å². The second kappa shape index (κ2) is 8.87. The standard InChI is InChI=1S/C26H24N2O5S/c1-31-17-6-7-20-16(11-17)12-19(25(29)27-20)24-18-14-22(33-3)21(32-2)13-15(18)8-9-28(24)26(30)23-5-4-10-34-23/h4-7,10-14,24H,8-9H2,1-3H3,(H,27,29)/t24-/m1/s1. The van der Waals surface area contributed by atoms with Crippen LogP contribution in [-0.4, -0.2) is 43.7 Å². The van der Waals surface area contributed by atoms with Crippen molar-refractivity contribution in [2.45, 2.75) is 12.5 Å². The molecule has 4 aromatic rings. The molecule has 34 heavy (non-hydrogen) atoms. The minimum absolute atomic E-state index is 0.106. The van der Waals surface area contributed by atoms with Crippen LogP contribution in [-0.2, 0) is 6.42 Å². The summed E-state index contributed by atoms with van der Waals surface area (Å²) in [6.07, 6.45) is 0.641. The van der Waals surface area contributed by atoms with Crippen LogP contribution in [0.15, 0.2) is 58.7 Å². The zero-order chi connectivity index (χ0) is 23.8. The van der Waals surface area contributed by atoms with Crippen LogP contribution in [0, 0.1) is 0 Å². The number of amides is 1. The first-order valence-electron chi connectivity index (χ1n) is 10.8. The lowest BCUT2D eigenvalue weighted by Crippen LogP contribution is -2.42. The first-order chi connectivity index (χ1) is 16.5. The predicted molar refractivity (Wildman–Crippen MR) is 132 cm³/mol. The first kappa shape index (κ1) is 22.0. The normalized spacial score (nSPS) is 15.1. The van der Waals surface area contributed by atoms with E-state index in [2.05, 4.69) is 4.98 Å². The van der Waals surface area contributed by atoms with Crippen molar-refractivity contribution < 1.29 is 19.0 Å². The van der Waals surface area contributed by atoms with E-state index in [4.69, 9.17) is 14.2 Å². The molecule has 1 amide bonds. The molecule has 1 N–H and O–H groups in total. The SMILES string of the molecule is COc1ccc2[nH]c(=O)c([C@H]3c4cc(OC)c(OC)cc4CCN3C(=O)c3cccs3)cc2c1. The molecular formula is C26H24N2O5S. The molecule has 0 unspecified atom stereocenters. The van der Waals surface area contributed by atoms with E-state index in [9.17, 15) is 9.59 Å². The van der Waals surface area contributed by atoms with Gasteiger partial charge in [-0.25, -0.2) is 0 Å². The van der Waals surface area contributed by atoms with Crippen molar-refractivity contribution in [3.63, 3.8) is 0 Å². The van der Waals surface area contributed by atoms with Gasteiger partial charge in [0.2, 0.25) is 0 Å². The Morgan fingerprint density at radius 1 is 1.00 bits per heavy atom. The van der Waals surface area contributed by atoms with Gasteiger partial charge in [-0.2, -0.15) is 0 Å². The number of rotatable bonds is 5. The Labute approximate surface area is 200 Å². The molecule has 5 rings (SSSR count). The molecule has 1 aliphatic heterocycles. The largest absolute Gasteiger partial charge is 0.497 e. The third-order valence-corrected chi connectivity index (χ3v) is 7.10. The highest BCUT2D eigenvalue weighted by Gasteiger charge is 2.35. The number of nitrogens with one attached hydrogen (secondary N) is 1. The van der Waals surface area contributed by atoms with Crippen molar-refractivity contribution >= 4 is 28.1 Å². The van der Waals surface area contributed by atoms with Crippen molar-refractivity contribution in [1.29, 1.82) is 0 Å². The maximum Gasteiger partial charge on any atom is 0.264 e. The number of nitrogens with zero attached hydrogens (tertiary/aromatic N) is 1. The summed E-state index contributed by atoms with van der Waals surface area (Å²) < 4.78 is 16.4. The number of hydrogen-bond donors (Lipinski definition) is 1. The van der Waals surface area contributed by atoms with E-state index < -0.39 is 6.04 Å². The van der Waals surface area contributed by atoms with Gasteiger partial charge in [-0.1, -0.05) is 6.07 Å². The number of aromatic amines is 1. The minimum Gasteiger partial charge on any atom is -0.497 e. The number of carbonyl (C=O) groups excluding carboxylic acids is 1. The van der Waals surface area contributed by atoms with Crippen LogP contribution in [0.1, 0.15) is 32.4 Å². The van der Waals surface area contributed by atoms with Crippen LogP contribution in [0.3, 0.4) is 0 Å². The van der Waals surface area contributed by atoms with Gasteiger partial charge in [0.05, 0.1) is 32.2 Å². The zero-order valence-corrected chi connectivity index (χ0v) is 19.9. The monoisotopic (exact) mass is 476 g/mol. The minimum atomic E-state index is -0.586. The van der Waals surface area contributed by atoms with Crippen LogP contribution >= 0.6 is 11.3 Å². The molecular weight excluding hydrogens is 452 g/mol. The van der Waals surface area contributed by atoms with Crippen LogP contribution in [0.2, 0.25) is 0 Å². The lowest BCUT2D eigenvalue weighted by atomic mass is 9.87. The third kappa shape index (κ3) is 3.70. The van der Waals surface area contributed by atoms with Gasteiger partial charge in [0.25, 0.3) is 11.5 Å². The van der Waals surface area contributed by atoms with Gasteiger partial charge in [0, 0.05) is 23.0 Å². The Balaban J connectivity index is 1.74. The second-order valence-electron chi connectivity index (χ2n) is 8.04. The number of ether oxygens (including phenoxy) is 3. The van der Waals surface area contributed by atoms with E-state index >= 15 is 0 Å². The van der Waals surface area contributed by atoms with Gasteiger partial charge in [0.15, 0.2) is 11.5 Å². The van der Waals surface area contributed by atoms with Crippen molar-refractivity contribution in [3.8, 4) is 17.2 Å². The summed E-state index contributed by atoms with van der Waals surface area (Å²) in [6, 6.07) is 14.2. The van der Waals surface area contributed by atoms with Crippen molar-refractivity contribution in [2.75, 3.05) is 27.9 Å². The summed E-state index contributed by atoms with van der Waals surface area (Å²) in [5.74, 6) is 1.75. The van der Waals surface area contributed by atoms with E-state index in [1.54, 1.807) is 32.3 Å². The molecule has 7 nitrogen and oxygen atoms in total. The lowest BCUT2D eigenvalue weighted by molar-refractivity contribution is 0.0698. The number of H-pyrrole nitrogens is 1. The average Bonchev–Trinajstić information content (AvgIpc) is 3.41. The summed E-state index contributed by atoms with van der Waals surface area (Å²) in [5, 5.41) is 2.70. The number of benzene rings is 2. The maximum absolute atomic E-state index is 13.6. The molecule has 0 bridgehead atoms. The van der Waals surface area contributed by atoms with Gasteiger partial charge in [-0.05, 0) is 65.4 Å². The van der Waals surface area contributed by atoms with E-state index in [0.717, 1.165) is 16.5 Å². The van der Waals surface area contributed by atoms with E-state index in [-0.39, 0.29) is 11.5 Å². The average molecular weight is 477 g/mol. The number of fused-ring (bicyclic) bond motifs is 2. The molecule has 2 aromatic carbocycles. The van der Waals surface area contributed by atoms with Crippen LogP contribution < -0.4 is 19.8 Å². The quantitative estimate of drug-likeness (QED) is 0.462. The van der Waals surface area contributed by atoms with Gasteiger partial charge in [-0.3, -0.25) is 9.59 Å². The highest BCUT2D eigenvalue weighted by atomic mass is 32.1. The van der Waals surface area contributed by atoms with Gasteiger partial charge in [0.1, 0.15) is 5.75 Å². The number of aromatic nitrogens is 1. The zero-order valence-electron chi connectivity index (χ0n) is 19.1. The van der Waals surface area contributed by atoms with Gasteiger partial charge in [-0.15, -0.1) is 11.3 Å². The number of hydrogen-bond acceptors (Lipinski definition) is 6. The Morgan fingerprint density at radius 3 is 2.50 bits per heavy atom. The maximum atomic E-state index is 13.6. The summed E-state index contributed by atoms with van der Waals surface area (Å²) in [7, 11) is 4.77. The van der Waals surface area contributed by atoms with Gasteiger partial charge >= 0.3 is 0 Å². The van der Waals surface area contributed by atoms with Crippen molar-refractivity contribution in [2.24, 2.45) is 0 Å². The van der Waals surface area contributed by atoms with Crippen molar-refractivity contribution in [1.82, 2.24) is 9.88 Å². The predicted octanol–water partition coefficient (Wildman–Crippen LogP) is 4.40. The highest BCUT2D eigenvalue weighted by molar-refractivity contribution is 7.12. The molecule has 0 saturated heterocycles. The molecule has 0 aliphatic carbocycles. The molecule has 1 atom stereocenters. The molecule has 0 radical (unpaired) electrons. The molecule has 2 aromatic heterocycles. The molecule has 0 spiro atoms. The molecule has 0 fully saturated rings. The van der Waals surface area contributed by atoms with E-state index in [1.165, 1.54) is 11.3 Å². The molecule has 1 aliphatic rings. The summed E-state index contributed by atoms with van der Waals surface area (Å²) in [6.45, 7) is 0.472. The van der Waals surface area contributed by atoms with Gasteiger partial charge < -0.3 is 24.1 Å².